The Bertz CT molecular complexity index is 1090. The molecule has 1 saturated carbocycles. The van der Waals surface area contributed by atoms with E-state index in [1.807, 2.05) is 17.5 Å². The molecule has 0 spiro atoms. The van der Waals surface area contributed by atoms with Gasteiger partial charge in [-0.15, -0.1) is 11.3 Å². The number of nitrogens with zero attached hydrogens (tertiary/aromatic N) is 2. The van der Waals surface area contributed by atoms with Gasteiger partial charge in [0.05, 0.1) is 22.7 Å². The predicted molar refractivity (Wildman–Crippen MR) is 111 cm³/mol. The van der Waals surface area contributed by atoms with E-state index in [1.165, 1.54) is 23.5 Å². The van der Waals surface area contributed by atoms with E-state index in [9.17, 15) is 13.2 Å². The van der Waals surface area contributed by atoms with Crippen LogP contribution in [0.15, 0.2) is 59.1 Å². The molecular weight excluding hydrogens is 410 g/mol. The minimum absolute atomic E-state index is 0.0569. The molecule has 1 aliphatic rings. The number of carbonyl (C=O) groups is 1. The Morgan fingerprint density at radius 2 is 1.97 bits per heavy atom. The fourth-order valence-electron chi connectivity index (χ4n) is 2.57. The van der Waals surface area contributed by atoms with Crippen LogP contribution >= 0.6 is 11.3 Å². The van der Waals surface area contributed by atoms with Crippen LogP contribution < -0.4 is 15.6 Å². The van der Waals surface area contributed by atoms with Crippen molar-refractivity contribution in [2.45, 2.75) is 30.2 Å². The molecule has 0 saturated heterocycles. The van der Waals surface area contributed by atoms with Gasteiger partial charge in [-0.3, -0.25) is 20.6 Å². The van der Waals surface area contributed by atoms with Gasteiger partial charge in [0.2, 0.25) is 15.9 Å². The van der Waals surface area contributed by atoms with Gasteiger partial charge in [0.25, 0.3) is 0 Å². The first-order valence-electron chi connectivity index (χ1n) is 9.02. The van der Waals surface area contributed by atoms with E-state index in [0.717, 1.165) is 23.4 Å². The molecule has 150 valence electrons. The minimum atomic E-state index is -3.48. The smallest absolute Gasteiger partial charge is 0.244 e. The Labute approximate surface area is 172 Å². The lowest BCUT2D eigenvalue weighted by Crippen LogP contribution is -2.31. The first-order chi connectivity index (χ1) is 14.0. The van der Waals surface area contributed by atoms with Gasteiger partial charge in [0.1, 0.15) is 5.01 Å². The lowest BCUT2D eigenvalue weighted by atomic mass is 10.3. The summed E-state index contributed by atoms with van der Waals surface area (Å²) >= 11 is 1.46. The Morgan fingerprint density at radius 3 is 2.66 bits per heavy atom. The summed E-state index contributed by atoms with van der Waals surface area (Å²) in [7, 11) is -3.48. The number of sulfonamides is 1. The zero-order valence-electron chi connectivity index (χ0n) is 15.3. The van der Waals surface area contributed by atoms with Crippen LogP contribution in [0.5, 0.6) is 0 Å². The number of thiazole rings is 1. The van der Waals surface area contributed by atoms with Crippen molar-refractivity contribution < 1.29 is 13.2 Å². The Balaban J connectivity index is 1.30. The third-order valence-electron chi connectivity index (χ3n) is 4.21. The van der Waals surface area contributed by atoms with Crippen LogP contribution in [0.3, 0.4) is 0 Å². The minimum Gasteiger partial charge on any atom is -0.299 e. The molecule has 0 bridgehead atoms. The van der Waals surface area contributed by atoms with Crippen molar-refractivity contribution in [2.24, 2.45) is 0 Å². The van der Waals surface area contributed by atoms with E-state index in [-0.39, 0.29) is 23.3 Å². The van der Waals surface area contributed by atoms with E-state index in [1.54, 1.807) is 24.5 Å². The highest BCUT2D eigenvalue weighted by molar-refractivity contribution is 7.89. The molecule has 10 heteroatoms. The molecule has 2 aromatic heterocycles. The molecule has 3 aromatic rings. The maximum atomic E-state index is 12.2. The summed E-state index contributed by atoms with van der Waals surface area (Å²) in [6.45, 7) is 0. The highest BCUT2D eigenvalue weighted by Crippen LogP contribution is 2.23. The number of aromatic nitrogens is 2. The maximum absolute atomic E-state index is 12.2. The zero-order chi connectivity index (χ0) is 20.3. The van der Waals surface area contributed by atoms with Gasteiger partial charge >= 0.3 is 0 Å². The first kappa shape index (κ1) is 19.5. The van der Waals surface area contributed by atoms with Crippen molar-refractivity contribution in [2.75, 3.05) is 5.43 Å². The number of hydrogen-bond donors (Lipinski definition) is 3. The Morgan fingerprint density at radius 1 is 1.17 bits per heavy atom. The molecule has 29 heavy (non-hydrogen) atoms. The summed E-state index contributed by atoms with van der Waals surface area (Å²) < 4.78 is 26.9. The average Bonchev–Trinajstić information content (AvgIpc) is 3.41. The van der Waals surface area contributed by atoms with Gasteiger partial charge in [-0.1, -0.05) is 0 Å². The Kier molecular flexibility index (Phi) is 5.56. The van der Waals surface area contributed by atoms with Crippen LogP contribution in [0.25, 0.3) is 10.6 Å². The highest BCUT2D eigenvalue weighted by atomic mass is 32.2. The monoisotopic (exact) mass is 429 g/mol. The van der Waals surface area contributed by atoms with Crippen LogP contribution in [0.4, 0.5) is 5.69 Å². The number of hydrogen-bond acceptors (Lipinski definition) is 7. The number of benzene rings is 1. The molecule has 1 aliphatic carbocycles. The van der Waals surface area contributed by atoms with Crippen LogP contribution in [0.1, 0.15) is 18.5 Å². The SMILES string of the molecule is O=C(Cc1csc(-c2cccnc2)n1)NNc1ccc(S(=O)(=O)NC2CC2)cc1. The van der Waals surface area contributed by atoms with E-state index in [4.69, 9.17) is 0 Å². The van der Waals surface area contributed by atoms with Gasteiger partial charge in [-0.25, -0.2) is 18.1 Å². The third kappa shape index (κ3) is 5.17. The molecule has 1 fully saturated rings. The Hall–Kier alpha value is -2.82. The molecule has 1 amide bonds. The number of pyridine rings is 1. The quantitative estimate of drug-likeness (QED) is 0.474. The highest BCUT2D eigenvalue weighted by Gasteiger charge is 2.27. The van der Waals surface area contributed by atoms with Crippen LogP contribution in [0, 0.1) is 0 Å². The van der Waals surface area contributed by atoms with Crippen molar-refractivity contribution in [1.29, 1.82) is 0 Å². The number of nitrogens with one attached hydrogen (secondary N) is 3. The van der Waals surface area contributed by atoms with Crippen LogP contribution in [0.2, 0.25) is 0 Å². The van der Waals surface area contributed by atoms with E-state index >= 15 is 0 Å². The van der Waals surface area contributed by atoms with Crippen molar-refractivity contribution in [3.63, 3.8) is 0 Å². The average molecular weight is 430 g/mol. The molecule has 3 N–H and O–H groups in total. The predicted octanol–water partition coefficient (Wildman–Crippen LogP) is 2.33. The molecular formula is C19H19N5O3S2. The second-order valence-electron chi connectivity index (χ2n) is 6.66. The fourth-order valence-corrected chi connectivity index (χ4v) is 4.68. The number of anilines is 1. The fraction of sp³-hybridized carbons (Fsp3) is 0.211. The summed E-state index contributed by atoms with van der Waals surface area (Å²) in [6, 6.07) is 10.0. The van der Waals surface area contributed by atoms with Crippen molar-refractivity contribution in [1.82, 2.24) is 20.1 Å². The second kappa shape index (κ2) is 8.27. The summed E-state index contributed by atoms with van der Waals surface area (Å²) in [4.78, 5) is 20.9. The van der Waals surface area contributed by atoms with Crippen molar-refractivity contribution in [3.05, 3.63) is 59.9 Å². The lowest BCUT2D eigenvalue weighted by Gasteiger charge is -2.09. The second-order valence-corrected chi connectivity index (χ2v) is 9.23. The molecule has 4 rings (SSSR count). The summed E-state index contributed by atoms with van der Waals surface area (Å²) in [6.07, 6.45) is 5.32. The summed E-state index contributed by atoms with van der Waals surface area (Å²) in [5, 5.41) is 2.65. The van der Waals surface area contributed by atoms with E-state index in [0.29, 0.717) is 11.4 Å². The lowest BCUT2D eigenvalue weighted by molar-refractivity contribution is -0.120. The summed E-state index contributed by atoms with van der Waals surface area (Å²) in [5.74, 6) is -0.250. The normalized spacial score (nSPS) is 13.8. The topological polar surface area (TPSA) is 113 Å². The van der Waals surface area contributed by atoms with Gasteiger partial charge in [0.15, 0.2) is 0 Å². The van der Waals surface area contributed by atoms with E-state index < -0.39 is 10.0 Å². The maximum Gasteiger partial charge on any atom is 0.244 e. The standard InChI is InChI=1S/C19H19N5O3S2/c25-18(10-16-12-28-19(21-16)13-2-1-9-20-11-13)23-22-14-5-7-17(8-6-14)29(26,27)24-15-3-4-15/h1-2,5-9,11-12,15,22,24H,3-4,10H2,(H,23,25). The van der Waals surface area contributed by atoms with Gasteiger partial charge in [0, 0.05) is 29.4 Å². The van der Waals surface area contributed by atoms with E-state index in [2.05, 4.69) is 25.5 Å². The number of amides is 1. The zero-order valence-corrected chi connectivity index (χ0v) is 17.0. The van der Waals surface area contributed by atoms with Crippen LogP contribution in [-0.4, -0.2) is 30.3 Å². The third-order valence-corrected chi connectivity index (χ3v) is 6.69. The molecule has 1 aromatic carbocycles. The number of carbonyl (C=O) groups excluding carboxylic acids is 1. The van der Waals surface area contributed by atoms with Crippen LogP contribution in [-0.2, 0) is 21.2 Å². The molecule has 2 heterocycles. The first-order valence-corrected chi connectivity index (χ1v) is 11.4. The number of hydrazine groups is 1. The van der Waals surface area contributed by atoms with Gasteiger partial charge in [-0.05, 0) is 49.2 Å². The van der Waals surface area contributed by atoms with Gasteiger partial charge in [-0.2, -0.15) is 0 Å². The molecule has 0 atom stereocenters. The molecule has 0 unspecified atom stereocenters. The molecule has 8 nitrogen and oxygen atoms in total. The molecule has 0 aliphatic heterocycles. The molecule has 0 radical (unpaired) electrons. The van der Waals surface area contributed by atoms with Crippen molar-refractivity contribution in [3.8, 4) is 10.6 Å². The summed E-state index contributed by atoms with van der Waals surface area (Å²) in [5.41, 5.74) is 7.54. The largest absolute Gasteiger partial charge is 0.299 e. The number of rotatable bonds is 8. The van der Waals surface area contributed by atoms with Gasteiger partial charge < -0.3 is 0 Å². The van der Waals surface area contributed by atoms with Crippen molar-refractivity contribution >= 4 is 33.0 Å².